The Labute approximate surface area is 154 Å². The van der Waals surface area contributed by atoms with E-state index in [2.05, 4.69) is 22.4 Å². The third-order valence-electron chi connectivity index (χ3n) is 3.87. The van der Waals surface area contributed by atoms with Gasteiger partial charge in [0.2, 0.25) is 0 Å². The molecule has 5 nitrogen and oxygen atoms in total. The summed E-state index contributed by atoms with van der Waals surface area (Å²) in [6.07, 6.45) is 4.91. The highest BCUT2D eigenvalue weighted by atomic mass is 35.5. The molecule has 1 aromatic heterocycles. The Kier molecular flexibility index (Phi) is 5.49. The van der Waals surface area contributed by atoms with Crippen LogP contribution in [-0.2, 0) is 4.84 Å². The molecule has 1 heterocycles. The lowest BCUT2D eigenvalue weighted by Gasteiger charge is -2.14. The average molecular weight is 380 g/mol. The minimum atomic E-state index is -1.20. The second kappa shape index (κ2) is 7.80. The van der Waals surface area contributed by atoms with E-state index < -0.39 is 17.5 Å². The molecule has 0 aliphatic heterocycles. The quantitative estimate of drug-likeness (QED) is 0.697. The number of carbonyl (C=O) groups excluding carboxylic acids is 1. The number of nitrogens with zero attached hydrogens (tertiary/aromatic N) is 1. The second-order valence-corrected chi connectivity index (χ2v) is 6.33. The van der Waals surface area contributed by atoms with Gasteiger partial charge in [-0.15, -0.1) is 0 Å². The van der Waals surface area contributed by atoms with Crippen molar-refractivity contribution < 1.29 is 18.4 Å². The fourth-order valence-corrected chi connectivity index (χ4v) is 2.43. The monoisotopic (exact) mass is 379 g/mol. The maximum atomic E-state index is 14.3. The lowest BCUT2D eigenvalue weighted by atomic mass is 10.1. The molecule has 26 heavy (non-hydrogen) atoms. The molecule has 0 spiro atoms. The molecule has 0 radical (unpaired) electrons. The molecule has 0 bridgehead atoms. The van der Waals surface area contributed by atoms with Crippen molar-refractivity contribution in [3.05, 3.63) is 58.8 Å². The molecule has 0 saturated heterocycles. The SMILES string of the molecule is C=Cc1cc(Cl)cnc1Nc1c(C(=O)NOCC2CC2)ccc(F)c1F. The summed E-state index contributed by atoms with van der Waals surface area (Å²) in [4.78, 5) is 21.5. The fourth-order valence-electron chi connectivity index (χ4n) is 2.26. The Balaban J connectivity index is 1.88. The normalized spacial score (nSPS) is 13.3. The summed E-state index contributed by atoms with van der Waals surface area (Å²) in [5.74, 6) is -2.38. The number of anilines is 2. The van der Waals surface area contributed by atoms with Crippen LogP contribution >= 0.6 is 11.6 Å². The molecule has 8 heteroatoms. The van der Waals surface area contributed by atoms with E-state index in [0.29, 0.717) is 23.1 Å². The van der Waals surface area contributed by atoms with Gasteiger partial charge in [0.05, 0.1) is 22.9 Å². The van der Waals surface area contributed by atoms with E-state index in [4.69, 9.17) is 16.4 Å². The van der Waals surface area contributed by atoms with Crippen LogP contribution in [0.4, 0.5) is 20.3 Å². The van der Waals surface area contributed by atoms with Crippen LogP contribution in [0.25, 0.3) is 6.08 Å². The first-order chi connectivity index (χ1) is 12.5. The highest BCUT2D eigenvalue weighted by Crippen LogP contribution is 2.30. The summed E-state index contributed by atoms with van der Waals surface area (Å²) < 4.78 is 28.0. The van der Waals surface area contributed by atoms with Gasteiger partial charge >= 0.3 is 0 Å². The van der Waals surface area contributed by atoms with Crippen molar-refractivity contribution in [1.82, 2.24) is 10.5 Å². The number of amides is 1. The van der Waals surface area contributed by atoms with E-state index in [1.54, 1.807) is 6.07 Å². The van der Waals surface area contributed by atoms with Gasteiger partial charge in [-0.25, -0.2) is 19.2 Å². The zero-order valence-electron chi connectivity index (χ0n) is 13.7. The van der Waals surface area contributed by atoms with Gasteiger partial charge in [0.15, 0.2) is 11.6 Å². The number of rotatable bonds is 7. The summed E-state index contributed by atoms with van der Waals surface area (Å²) in [6, 6.07) is 3.60. The Morgan fingerprint density at radius 3 is 2.88 bits per heavy atom. The molecule has 3 rings (SSSR count). The highest BCUT2D eigenvalue weighted by Gasteiger charge is 2.23. The Morgan fingerprint density at radius 1 is 1.42 bits per heavy atom. The smallest absolute Gasteiger partial charge is 0.277 e. The van der Waals surface area contributed by atoms with E-state index >= 15 is 0 Å². The van der Waals surface area contributed by atoms with Gasteiger partial charge in [0.1, 0.15) is 5.82 Å². The molecule has 2 aromatic rings. The lowest BCUT2D eigenvalue weighted by molar-refractivity contribution is 0.0270. The first kappa shape index (κ1) is 18.3. The zero-order chi connectivity index (χ0) is 18.7. The second-order valence-electron chi connectivity index (χ2n) is 5.89. The number of aromatic nitrogens is 1. The van der Waals surface area contributed by atoms with Crippen LogP contribution in [0.5, 0.6) is 0 Å². The van der Waals surface area contributed by atoms with Crippen LogP contribution in [0.2, 0.25) is 5.02 Å². The molecule has 1 fully saturated rings. The summed E-state index contributed by atoms with van der Waals surface area (Å²) in [7, 11) is 0. The molecule has 136 valence electrons. The summed E-state index contributed by atoms with van der Waals surface area (Å²) in [6.45, 7) is 4.02. The van der Waals surface area contributed by atoms with Crippen molar-refractivity contribution in [3.8, 4) is 0 Å². The number of hydrogen-bond donors (Lipinski definition) is 2. The van der Waals surface area contributed by atoms with Gasteiger partial charge in [-0.05, 0) is 37.0 Å². The third kappa shape index (κ3) is 4.17. The van der Waals surface area contributed by atoms with Gasteiger partial charge in [0.25, 0.3) is 5.91 Å². The van der Waals surface area contributed by atoms with Crippen LogP contribution < -0.4 is 10.8 Å². The number of pyridine rings is 1. The highest BCUT2D eigenvalue weighted by molar-refractivity contribution is 6.30. The number of hydroxylamine groups is 1. The summed E-state index contributed by atoms with van der Waals surface area (Å²) >= 11 is 5.87. The molecule has 1 saturated carbocycles. The number of carbonyl (C=O) groups is 1. The minimum absolute atomic E-state index is 0.119. The molecular formula is C18H16ClF2N3O2. The molecule has 0 atom stereocenters. The molecule has 2 N–H and O–H groups in total. The van der Waals surface area contributed by atoms with Crippen LogP contribution in [0.1, 0.15) is 28.8 Å². The molecule has 0 unspecified atom stereocenters. The van der Waals surface area contributed by atoms with E-state index in [1.807, 2.05) is 0 Å². The average Bonchev–Trinajstić information content (AvgIpc) is 3.44. The predicted molar refractivity (Wildman–Crippen MR) is 95.1 cm³/mol. The fraction of sp³-hybridized carbons (Fsp3) is 0.222. The van der Waals surface area contributed by atoms with Crippen LogP contribution in [-0.4, -0.2) is 17.5 Å². The van der Waals surface area contributed by atoms with E-state index in [-0.39, 0.29) is 17.1 Å². The van der Waals surface area contributed by atoms with Crippen molar-refractivity contribution in [3.63, 3.8) is 0 Å². The number of hydrogen-bond acceptors (Lipinski definition) is 4. The van der Waals surface area contributed by atoms with Gasteiger partial charge in [-0.3, -0.25) is 9.63 Å². The van der Waals surface area contributed by atoms with Crippen LogP contribution in [0.3, 0.4) is 0 Å². The topological polar surface area (TPSA) is 63.2 Å². The summed E-state index contributed by atoms with van der Waals surface area (Å²) in [5, 5.41) is 3.01. The number of benzene rings is 1. The van der Waals surface area contributed by atoms with Gasteiger partial charge in [-0.1, -0.05) is 24.3 Å². The van der Waals surface area contributed by atoms with Crippen molar-refractivity contribution >= 4 is 35.1 Å². The number of nitrogens with one attached hydrogen (secondary N) is 2. The Morgan fingerprint density at radius 2 is 2.19 bits per heavy atom. The van der Waals surface area contributed by atoms with Crippen molar-refractivity contribution in [2.24, 2.45) is 5.92 Å². The minimum Gasteiger partial charge on any atom is -0.337 e. The predicted octanol–water partition coefficient (Wildman–Crippen LogP) is 4.47. The van der Waals surface area contributed by atoms with E-state index in [0.717, 1.165) is 18.9 Å². The van der Waals surface area contributed by atoms with E-state index in [9.17, 15) is 13.6 Å². The van der Waals surface area contributed by atoms with E-state index in [1.165, 1.54) is 18.3 Å². The molecule has 1 amide bonds. The summed E-state index contributed by atoms with van der Waals surface area (Å²) in [5.41, 5.74) is 2.25. The Bertz CT molecular complexity index is 857. The lowest BCUT2D eigenvalue weighted by Crippen LogP contribution is -2.26. The van der Waals surface area contributed by atoms with Crippen LogP contribution in [0.15, 0.2) is 31.0 Å². The maximum Gasteiger partial charge on any atom is 0.277 e. The van der Waals surface area contributed by atoms with Crippen LogP contribution in [0, 0.1) is 17.6 Å². The third-order valence-corrected chi connectivity index (χ3v) is 4.07. The van der Waals surface area contributed by atoms with Crippen molar-refractivity contribution in [2.75, 3.05) is 11.9 Å². The van der Waals surface area contributed by atoms with Gasteiger partial charge < -0.3 is 5.32 Å². The number of halogens is 3. The zero-order valence-corrected chi connectivity index (χ0v) is 14.4. The maximum absolute atomic E-state index is 14.3. The Hall–Kier alpha value is -2.51. The van der Waals surface area contributed by atoms with Gasteiger partial charge in [-0.2, -0.15) is 0 Å². The van der Waals surface area contributed by atoms with Crippen molar-refractivity contribution in [2.45, 2.75) is 12.8 Å². The standard InChI is InChI=1S/C18H16ClF2N3O2/c1-2-11-7-12(19)8-22-17(11)23-16-13(5-6-14(20)15(16)21)18(25)24-26-9-10-3-4-10/h2,5-8,10H,1,3-4,9H2,(H,22,23)(H,24,25). The first-order valence-corrected chi connectivity index (χ1v) is 8.32. The van der Waals surface area contributed by atoms with Crippen molar-refractivity contribution in [1.29, 1.82) is 0 Å². The first-order valence-electron chi connectivity index (χ1n) is 7.94. The largest absolute Gasteiger partial charge is 0.337 e. The molecule has 1 aliphatic carbocycles. The molecular weight excluding hydrogens is 364 g/mol. The molecule has 1 aliphatic rings. The molecule has 1 aromatic carbocycles. The van der Waals surface area contributed by atoms with Gasteiger partial charge in [0, 0.05) is 11.8 Å².